The second kappa shape index (κ2) is 6.39. The fourth-order valence-electron chi connectivity index (χ4n) is 2.58. The maximum Gasteiger partial charge on any atom is 0.320 e. The standard InChI is InChI=1S/C15H18N2O4/c1-3-13(17(19)20)14(15(18)21-4-2)11-9-16-12-8-6-5-7-10(11)12/h5-9,13-14,16H,3-4H2,1-2H3/t13-,14+/m0/s1. The van der Waals surface area contributed by atoms with Gasteiger partial charge in [0.2, 0.25) is 6.04 Å². The Labute approximate surface area is 122 Å². The van der Waals surface area contributed by atoms with Crippen LogP contribution in [0.1, 0.15) is 31.7 Å². The summed E-state index contributed by atoms with van der Waals surface area (Å²) in [5, 5.41) is 12.1. The highest BCUT2D eigenvalue weighted by Gasteiger charge is 2.39. The highest BCUT2D eigenvalue weighted by atomic mass is 16.6. The van der Waals surface area contributed by atoms with E-state index in [0.29, 0.717) is 5.56 Å². The molecule has 1 aromatic heterocycles. The van der Waals surface area contributed by atoms with Crippen LogP contribution in [0.4, 0.5) is 0 Å². The van der Waals surface area contributed by atoms with Crippen molar-refractivity contribution in [3.05, 3.63) is 46.1 Å². The largest absolute Gasteiger partial charge is 0.465 e. The number of nitrogens with zero attached hydrogens (tertiary/aromatic N) is 1. The number of nitro groups is 1. The first-order valence-electron chi connectivity index (χ1n) is 6.96. The molecule has 112 valence electrons. The summed E-state index contributed by atoms with van der Waals surface area (Å²) < 4.78 is 5.05. The Kier molecular flexibility index (Phi) is 4.57. The smallest absolute Gasteiger partial charge is 0.320 e. The highest BCUT2D eigenvalue weighted by molar-refractivity contribution is 5.90. The first kappa shape index (κ1) is 15.0. The molecule has 6 heteroatoms. The Morgan fingerprint density at radius 3 is 2.71 bits per heavy atom. The topological polar surface area (TPSA) is 85.2 Å². The molecule has 0 amide bonds. The van der Waals surface area contributed by atoms with E-state index in [4.69, 9.17) is 4.74 Å². The van der Waals surface area contributed by atoms with Gasteiger partial charge >= 0.3 is 5.97 Å². The lowest BCUT2D eigenvalue weighted by molar-refractivity contribution is -0.525. The molecule has 2 atom stereocenters. The number of H-pyrrole nitrogens is 1. The van der Waals surface area contributed by atoms with Gasteiger partial charge in [0.15, 0.2) is 5.92 Å². The van der Waals surface area contributed by atoms with Gasteiger partial charge in [0, 0.05) is 28.4 Å². The van der Waals surface area contributed by atoms with Crippen LogP contribution in [0.25, 0.3) is 10.9 Å². The first-order chi connectivity index (χ1) is 10.1. The van der Waals surface area contributed by atoms with E-state index in [1.807, 2.05) is 24.3 Å². The lowest BCUT2D eigenvalue weighted by Crippen LogP contribution is -2.33. The SMILES string of the molecule is CCOC(=O)[C@H](c1c[nH]c2ccccc12)[C@H](CC)[N+](=O)[O-]. The summed E-state index contributed by atoms with van der Waals surface area (Å²) in [5.41, 5.74) is 1.47. The van der Waals surface area contributed by atoms with Crippen LogP contribution in [0.3, 0.4) is 0 Å². The Balaban J connectivity index is 2.53. The summed E-state index contributed by atoms with van der Waals surface area (Å²) in [5.74, 6) is -1.45. The van der Waals surface area contributed by atoms with Gasteiger partial charge in [-0.15, -0.1) is 0 Å². The molecule has 0 fully saturated rings. The normalized spacial score (nSPS) is 13.8. The monoisotopic (exact) mass is 290 g/mol. The van der Waals surface area contributed by atoms with Crippen LogP contribution in [0.2, 0.25) is 0 Å². The van der Waals surface area contributed by atoms with Gasteiger partial charge in [-0.1, -0.05) is 25.1 Å². The predicted octanol–water partition coefficient (Wildman–Crippen LogP) is 2.87. The lowest BCUT2D eigenvalue weighted by Gasteiger charge is -2.18. The van der Waals surface area contributed by atoms with Crippen LogP contribution in [0.5, 0.6) is 0 Å². The predicted molar refractivity (Wildman–Crippen MR) is 78.7 cm³/mol. The molecule has 2 aromatic rings. The average molecular weight is 290 g/mol. The molecular weight excluding hydrogens is 272 g/mol. The molecule has 0 unspecified atom stereocenters. The van der Waals surface area contributed by atoms with E-state index in [0.717, 1.165) is 10.9 Å². The maximum absolute atomic E-state index is 12.2. The number of para-hydroxylation sites is 1. The molecule has 21 heavy (non-hydrogen) atoms. The summed E-state index contributed by atoms with van der Waals surface area (Å²) in [4.78, 5) is 26.2. The Hall–Kier alpha value is -2.37. The number of rotatable bonds is 6. The molecule has 0 aliphatic rings. The Morgan fingerprint density at radius 2 is 2.10 bits per heavy atom. The third-order valence-electron chi connectivity index (χ3n) is 3.57. The fraction of sp³-hybridized carbons (Fsp3) is 0.400. The van der Waals surface area contributed by atoms with Gasteiger partial charge in [-0.05, 0) is 18.6 Å². The molecule has 0 saturated heterocycles. The third-order valence-corrected chi connectivity index (χ3v) is 3.57. The number of carbonyl (C=O) groups excluding carboxylic acids is 1. The van der Waals surface area contributed by atoms with Crippen molar-refractivity contribution in [3.63, 3.8) is 0 Å². The van der Waals surface area contributed by atoms with E-state index in [1.165, 1.54) is 0 Å². The second-order valence-electron chi connectivity index (χ2n) is 4.78. The van der Waals surface area contributed by atoms with Gasteiger partial charge in [-0.3, -0.25) is 14.9 Å². The minimum absolute atomic E-state index is 0.200. The van der Waals surface area contributed by atoms with E-state index in [2.05, 4.69) is 4.98 Å². The number of ether oxygens (including phenoxy) is 1. The number of nitrogens with one attached hydrogen (secondary N) is 1. The number of aromatic nitrogens is 1. The molecule has 0 spiro atoms. The third kappa shape index (κ3) is 2.89. The van der Waals surface area contributed by atoms with E-state index in [1.54, 1.807) is 20.0 Å². The fourth-order valence-corrected chi connectivity index (χ4v) is 2.58. The molecule has 0 radical (unpaired) electrons. The number of esters is 1. The van der Waals surface area contributed by atoms with Crippen LogP contribution in [0, 0.1) is 10.1 Å². The number of aromatic amines is 1. The minimum atomic E-state index is -0.997. The molecule has 0 aliphatic carbocycles. The molecule has 1 aromatic carbocycles. The van der Waals surface area contributed by atoms with Crippen molar-refractivity contribution in [1.29, 1.82) is 0 Å². The minimum Gasteiger partial charge on any atom is -0.465 e. The highest BCUT2D eigenvalue weighted by Crippen LogP contribution is 2.31. The molecule has 0 saturated carbocycles. The summed E-state index contributed by atoms with van der Waals surface area (Å²) in [6.07, 6.45) is 1.93. The van der Waals surface area contributed by atoms with Gasteiger partial charge in [0.1, 0.15) is 0 Å². The van der Waals surface area contributed by atoms with Crippen LogP contribution in [-0.2, 0) is 9.53 Å². The number of fused-ring (bicyclic) bond motifs is 1. The van der Waals surface area contributed by atoms with Crippen molar-refractivity contribution in [1.82, 2.24) is 4.98 Å². The average Bonchev–Trinajstić information content (AvgIpc) is 2.88. The molecule has 2 rings (SSSR count). The maximum atomic E-state index is 12.2. The van der Waals surface area contributed by atoms with Gasteiger partial charge < -0.3 is 9.72 Å². The molecular formula is C15H18N2O4. The van der Waals surface area contributed by atoms with Crippen molar-refractivity contribution in [2.24, 2.45) is 0 Å². The van der Waals surface area contributed by atoms with Crippen molar-refractivity contribution < 1.29 is 14.5 Å². The van der Waals surface area contributed by atoms with E-state index < -0.39 is 22.9 Å². The summed E-state index contributed by atoms with van der Waals surface area (Å²) >= 11 is 0. The zero-order valence-electron chi connectivity index (χ0n) is 12.0. The first-order valence-corrected chi connectivity index (χ1v) is 6.96. The molecule has 1 N–H and O–H groups in total. The zero-order valence-corrected chi connectivity index (χ0v) is 12.0. The van der Waals surface area contributed by atoms with Gasteiger partial charge in [0.25, 0.3) is 0 Å². The number of hydrogen-bond acceptors (Lipinski definition) is 4. The lowest BCUT2D eigenvalue weighted by atomic mass is 9.90. The summed E-state index contributed by atoms with van der Waals surface area (Å²) in [7, 11) is 0. The van der Waals surface area contributed by atoms with Gasteiger partial charge in [0.05, 0.1) is 6.61 Å². The van der Waals surface area contributed by atoms with Crippen molar-refractivity contribution in [2.45, 2.75) is 32.2 Å². The summed E-state index contributed by atoms with van der Waals surface area (Å²) in [6, 6.07) is 6.43. The molecule has 0 aliphatic heterocycles. The number of hydrogen-bond donors (Lipinski definition) is 1. The van der Waals surface area contributed by atoms with E-state index in [9.17, 15) is 14.9 Å². The zero-order chi connectivity index (χ0) is 15.4. The van der Waals surface area contributed by atoms with Crippen LogP contribution >= 0.6 is 0 Å². The summed E-state index contributed by atoms with van der Waals surface area (Å²) in [6.45, 7) is 3.59. The number of carbonyl (C=O) groups is 1. The van der Waals surface area contributed by atoms with Gasteiger partial charge in [-0.2, -0.15) is 0 Å². The molecule has 1 heterocycles. The van der Waals surface area contributed by atoms with E-state index >= 15 is 0 Å². The van der Waals surface area contributed by atoms with Crippen molar-refractivity contribution in [2.75, 3.05) is 6.61 Å². The van der Waals surface area contributed by atoms with Crippen LogP contribution in [0.15, 0.2) is 30.5 Å². The Bertz CT molecular complexity index is 650. The molecule has 6 nitrogen and oxygen atoms in total. The number of benzene rings is 1. The second-order valence-corrected chi connectivity index (χ2v) is 4.78. The molecule has 0 bridgehead atoms. The quantitative estimate of drug-likeness (QED) is 0.503. The van der Waals surface area contributed by atoms with Crippen molar-refractivity contribution in [3.8, 4) is 0 Å². The van der Waals surface area contributed by atoms with Gasteiger partial charge in [-0.25, -0.2) is 0 Å². The van der Waals surface area contributed by atoms with Crippen molar-refractivity contribution >= 4 is 16.9 Å². The van der Waals surface area contributed by atoms with Crippen LogP contribution < -0.4 is 0 Å². The van der Waals surface area contributed by atoms with E-state index in [-0.39, 0.29) is 13.0 Å². The van der Waals surface area contributed by atoms with Crippen LogP contribution in [-0.4, -0.2) is 28.5 Å². The Morgan fingerprint density at radius 1 is 1.38 bits per heavy atom.